The average molecular weight is 335 g/mol. The topological polar surface area (TPSA) is 72.2 Å². The third-order valence-electron chi connectivity index (χ3n) is 2.56. The molecule has 1 rings (SSSR count). The molecule has 0 aliphatic carbocycles. The first-order valence-corrected chi connectivity index (χ1v) is 7.79. The van der Waals surface area contributed by atoms with Crippen molar-refractivity contribution in [2.75, 3.05) is 12.8 Å². The Morgan fingerprint density at radius 3 is 2.72 bits per heavy atom. The van der Waals surface area contributed by atoms with Gasteiger partial charge in [-0.05, 0) is 18.6 Å². The average Bonchev–Trinajstić information content (AvgIpc) is 2.30. The molecule has 0 saturated heterocycles. The first-order valence-electron chi connectivity index (χ1n) is 5.37. The number of non-ortho nitro benzene ring substituents is 1. The van der Waals surface area contributed by atoms with E-state index in [9.17, 15) is 14.3 Å². The highest BCUT2D eigenvalue weighted by Gasteiger charge is 2.10. The molecule has 0 amide bonds. The SMILES string of the molecule is CC(CNCc1ccc([N+](=O)[O-])cc1Br)S(C)=O. The van der Waals surface area contributed by atoms with E-state index < -0.39 is 15.7 Å². The van der Waals surface area contributed by atoms with E-state index in [0.29, 0.717) is 17.6 Å². The van der Waals surface area contributed by atoms with E-state index in [4.69, 9.17) is 0 Å². The molecule has 18 heavy (non-hydrogen) atoms. The summed E-state index contributed by atoms with van der Waals surface area (Å²) in [6.45, 7) is 3.14. The largest absolute Gasteiger partial charge is 0.311 e. The lowest BCUT2D eigenvalue weighted by Gasteiger charge is -2.10. The number of nitrogens with zero attached hydrogens (tertiary/aromatic N) is 1. The number of hydrogen-bond acceptors (Lipinski definition) is 4. The minimum Gasteiger partial charge on any atom is -0.311 e. The van der Waals surface area contributed by atoms with Crippen molar-refractivity contribution in [1.29, 1.82) is 0 Å². The molecule has 0 bridgehead atoms. The smallest absolute Gasteiger partial charge is 0.270 e. The van der Waals surface area contributed by atoms with Crippen LogP contribution in [0.4, 0.5) is 5.69 Å². The summed E-state index contributed by atoms with van der Waals surface area (Å²) >= 11 is 3.31. The normalized spacial score (nSPS) is 14.2. The molecule has 5 nitrogen and oxygen atoms in total. The second-order valence-electron chi connectivity index (χ2n) is 3.97. The lowest BCUT2D eigenvalue weighted by molar-refractivity contribution is -0.384. The molecule has 0 heterocycles. The number of rotatable bonds is 6. The highest BCUT2D eigenvalue weighted by molar-refractivity contribution is 9.10. The summed E-state index contributed by atoms with van der Waals surface area (Å²) in [5.74, 6) is 0. The number of nitrogens with one attached hydrogen (secondary N) is 1. The van der Waals surface area contributed by atoms with E-state index in [1.54, 1.807) is 12.3 Å². The Kier molecular flexibility index (Phi) is 5.90. The van der Waals surface area contributed by atoms with E-state index in [-0.39, 0.29) is 10.9 Å². The van der Waals surface area contributed by atoms with Gasteiger partial charge in [0, 0.05) is 52.0 Å². The van der Waals surface area contributed by atoms with Crippen molar-refractivity contribution >= 4 is 32.4 Å². The van der Waals surface area contributed by atoms with Gasteiger partial charge in [0.25, 0.3) is 5.69 Å². The van der Waals surface area contributed by atoms with Gasteiger partial charge in [-0.1, -0.05) is 15.9 Å². The van der Waals surface area contributed by atoms with Crippen LogP contribution >= 0.6 is 15.9 Å². The van der Waals surface area contributed by atoms with Crippen LogP contribution < -0.4 is 5.32 Å². The molecule has 1 aromatic rings. The maximum Gasteiger partial charge on any atom is 0.270 e. The van der Waals surface area contributed by atoms with E-state index in [1.807, 2.05) is 6.92 Å². The fourth-order valence-corrected chi connectivity index (χ4v) is 2.18. The van der Waals surface area contributed by atoms with E-state index in [0.717, 1.165) is 5.56 Å². The Hall–Kier alpha value is -0.790. The number of nitro benzene ring substituents is 1. The van der Waals surface area contributed by atoms with Crippen LogP contribution in [0.15, 0.2) is 22.7 Å². The predicted octanol–water partition coefficient (Wildman–Crippen LogP) is 2.21. The molecular formula is C11H15BrN2O3S. The molecule has 1 aromatic carbocycles. The minimum atomic E-state index is -0.847. The quantitative estimate of drug-likeness (QED) is 0.639. The van der Waals surface area contributed by atoms with Crippen molar-refractivity contribution in [1.82, 2.24) is 5.32 Å². The number of nitro groups is 1. The molecule has 2 atom stereocenters. The van der Waals surface area contributed by atoms with E-state index in [2.05, 4.69) is 21.2 Å². The van der Waals surface area contributed by atoms with Gasteiger partial charge in [0.2, 0.25) is 0 Å². The van der Waals surface area contributed by atoms with Crippen LogP contribution in [0.5, 0.6) is 0 Å². The monoisotopic (exact) mass is 334 g/mol. The van der Waals surface area contributed by atoms with Crippen molar-refractivity contribution in [2.45, 2.75) is 18.7 Å². The van der Waals surface area contributed by atoms with Crippen molar-refractivity contribution in [3.8, 4) is 0 Å². The zero-order valence-electron chi connectivity index (χ0n) is 10.2. The van der Waals surface area contributed by atoms with Crippen molar-refractivity contribution in [3.05, 3.63) is 38.3 Å². The third-order valence-corrected chi connectivity index (χ3v) is 4.60. The summed E-state index contributed by atoms with van der Waals surface area (Å²) in [7, 11) is -0.847. The van der Waals surface area contributed by atoms with Gasteiger partial charge in [0.1, 0.15) is 0 Å². The Morgan fingerprint density at radius 2 is 2.22 bits per heavy atom. The van der Waals surface area contributed by atoms with Gasteiger partial charge < -0.3 is 5.32 Å². The molecule has 100 valence electrons. The second kappa shape index (κ2) is 6.96. The van der Waals surface area contributed by atoms with Gasteiger partial charge in [0.15, 0.2) is 0 Å². The van der Waals surface area contributed by atoms with Crippen LogP contribution in [0.25, 0.3) is 0 Å². The minimum absolute atomic E-state index is 0.0636. The Balaban J connectivity index is 2.58. The van der Waals surface area contributed by atoms with Gasteiger partial charge in [-0.25, -0.2) is 0 Å². The highest BCUT2D eigenvalue weighted by Crippen LogP contribution is 2.22. The first kappa shape index (κ1) is 15.3. The molecular weight excluding hydrogens is 320 g/mol. The molecule has 1 N–H and O–H groups in total. The van der Waals surface area contributed by atoms with Gasteiger partial charge in [-0.2, -0.15) is 0 Å². The summed E-state index contributed by atoms with van der Waals surface area (Å²) in [6.07, 6.45) is 1.67. The molecule has 0 radical (unpaired) electrons. The van der Waals surface area contributed by atoms with Crippen LogP contribution in [0.3, 0.4) is 0 Å². The second-order valence-corrected chi connectivity index (χ2v) is 6.63. The van der Waals surface area contributed by atoms with Crippen LogP contribution in [0.2, 0.25) is 0 Å². The van der Waals surface area contributed by atoms with Gasteiger partial charge in [-0.3, -0.25) is 14.3 Å². The predicted molar refractivity (Wildman–Crippen MR) is 76.0 cm³/mol. The Morgan fingerprint density at radius 1 is 1.56 bits per heavy atom. The number of benzene rings is 1. The zero-order chi connectivity index (χ0) is 13.7. The summed E-state index contributed by atoms with van der Waals surface area (Å²) in [6, 6.07) is 4.67. The molecule has 0 aromatic heterocycles. The van der Waals surface area contributed by atoms with Crippen molar-refractivity contribution in [2.24, 2.45) is 0 Å². The molecule has 0 saturated carbocycles. The zero-order valence-corrected chi connectivity index (χ0v) is 12.6. The van der Waals surface area contributed by atoms with Crippen LogP contribution in [-0.2, 0) is 17.3 Å². The Bertz CT molecular complexity index is 468. The van der Waals surface area contributed by atoms with Gasteiger partial charge >= 0.3 is 0 Å². The molecule has 0 spiro atoms. The highest BCUT2D eigenvalue weighted by atomic mass is 79.9. The van der Waals surface area contributed by atoms with Crippen LogP contribution in [-0.4, -0.2) is 27.2 Å². The number of hydrogen-bond donors (Lipinski definition) is 1. The lowest BCUT2D eigenvalue weighted by atomic mass is 10.2. The lowest BCUT2D eigenvalue weighted by Crippen LogP contribution is -2.27. The van der Waals surface area contributed by atoms with Gasteiger partial charge in [-0.15, -0.1) is 0 Å². The molecule has 0 aliphatic rings. The standard InChI is InChI=1S/C11H15BrN2O3S/c1-8(18(2)17)6-13-7-9-3-4-10(14(15)16)5-11(9)12/h3-5,8,13H,6-7H2,1-2H3. The van der Waals surface area contributed by atoms with E-state index >= 15 is 0 Å². The molecule has 0 aliphatic heterocycles. The van der Waals surface area contributed by atoms with Crippen molar-refractivity contribution < 1.29 is 9.13 Å². The Labute approximate surface area is 117 Å². The number of halogens is 1. The van der Waals surface area contributed by atoms with Crippen molar-refractivity contribution in [3.63, 3.8) is 0 Å². The summed E-state index contributed by atoms with van der Waals surface area (Å²) < 4.78 is 11.9. The first-order chi connectivity index (χ1) is 8.41. The van der Waals surface area contributed by atoms with Crippen LogP contribution in [0.1, 0.15) is 12.5 Å². The molecule has 0 fully saturated rings. The van der Waals surface area contributed by atoms with Gasteiger partial charge in [0.05, 0.1) is 4.92 Å². The molecule has 7 heteroatoms. The summed E-state index contributed by atoms with van der Waals surface area (Å²) in [5.41, 5.74) is 1.00. The molecule has 2 unspecified atom stereocenters. The fraction of sp³-hybridized carbons (Fsp3) is 0.455. The third kappa shape index (κ3) is 4.47. The van der Waals surface area contributed by atoms with E-state index in [1.165, 1.54) is 12.1 Å². The summed E-state index contributed by atoms with van der Waals surface area (Å²) in [5, 5.41) is 13.8. The maximum atomic E-state index is 11.2. The summed E-state index contributed by atoms with van der Waals surface area (Å²) in [4.78, 5) is 10.2. The maximum absolute atomic E-state index is 11.2. The van der Waals surface area contributed by atoms with Crippen LogP contribution in [0, 0.1) is 10.1 Å². The fourth-order valence-electron chi connectivity index (χ4n) is 1.32.